The molecule has 0 heterocycles. The maximum absolute atomic E-state index is 11.8. The highest BCUT2D eigenvalue weighted by Crippen LogP contribution is 2.26. The molecular formula is C17H18O3. The lowest BCUT2D eigenvalue weighted by molar-refractivity contribution is -0.134. The summed E-state index contributed by atoms with van der Waals surface area (Å²) in [6.45, 7) is 2.04. The third kappa shape index (κ3) is 3.85. The van der Waals surface area contributed by atoms with E-state index in [9.17, 15) is 4.79 Å². The van der Waals surface area contributed by atoms with Crippen molar-refractivity contribution in [1.82, 2.24) is 0 Å². The molecule has 0 unspecified atom stereocenters. The van der Waals surface area contributed by atoms with Crippen molar-refractivity contribution in [3.8, 4) is 11.5 Å². The number of hydrogen-bond acceptors (Lipinski definition) is 3. The van der Waals surface area contributed by atoms with E-state index in [0.29, 0.717) is 24.3 Å². The second-order valence-corrected chi connectivity index (χ2v) is 4.61. The molecule has 3 nitrogen and oxygen atoms in total. The van der Waals surface area contributed by atoms with Crippen LogP contribution in [-0.4, -0.2) is 13.1 Å². The summed E-state index contributed by atoms with van der Waals surface area (Å²) in [6.07, 6.45) is 1.02. The topological polar surface area (TPSA) is 35.5 Å². The van der Waals surface area contributed by atoms with E-state index in [4.69, 9.17) is 9.47 Å². The van der Waals surface area contributed by atoms with Crippen LogP contribution in [0.5, 0.6) is 11.5 Å². The Kier molecular flexibility index (Phi) is 4.77. The highest BCUT2D eigenvalue weighted by Gasteiger charge is 2.09. The number of methoxy groups -OCH3 is 1. The maximum Gasteiger partial charge on any atom is 0.311 e. The van der Waals surface area contributed by atoms with Gasteiger partial charge in [0.2, 0.25) is 0 Å². The van der Waals surface area contributed by atoms with Gasteiger partial charge in [-0.3, -0.25) is 4.79 Å². The molecule has 104 valence electrons. The van der Waals surface area contributed by atoms with Gasteiger partial charge in [-0.2, -0.15) is 0 Å². The molecule has 20 heavy (non-hydrogen) atoms. The quantitative estimate of drug-likeness (QED) is 0.615. The molecule has 2 rings (SSSR count). The summed E-state index contributed by atoms with van der Waals surface area (Å²) in [6, 6.07) is 15.3. The first-order chi connectivity index (χ1) is 9.69. The largest absolute Gasteiger partial charge is 0.493 e. The third-order valence-corrected chi connectivity index (χ3v) is 3.03. The summed E-state index contributed by atoms with van der Waals surface area (Å²) in [5.74, 6) is 0.773. The van der Waals surface area contributed by atoms with E-state index in [1.54, 1.807) is 19.2 Å². The van der Waals surface area contributed by atoms with Crippen molar-refractivity contribution in [2.24, 2.45) is 0 Å². The van der Waals surface area contributed by atoms with Gasteiger partial charge >= 0.3 is 5.97 Å². The smallest absolute Gasteiger partial charge is 0.311 e. The highest BCUT2D eigenvalue weighted by molar-refractivity contribution is 5.73. The Morgan fingerprint density at radius 3 is 2.30 bits per heavy atom. The van der Waals surface area contributed by atoms with Crippen molar-refractivity contribution in [2.45, 2.75) is 19.8 Å². The van der Waals surface area contributed by atoms with E-state index in [1.165, 1.54) is 5.56 Å². The summed E-state index contributed by atoms with van der Waals surface area (Å²) in [5, 5.41) is 0. The minimum Gasteiger partial charge on any atom is -0.493 e. The predicted octanol–water partition coefficient (Wildman–Crippen LogP) is 3.54. The van der Waals surface area contributed by atoms with E-state index in [0.717, 1.165) is 5.56 Å². The van der Waals surface area contributed by atoms with Crippen molar-refractivity contribution in [1.29, 1.82) is 0 Å². The van der Waals surface area contributed by atoms with Crippen molar-refractivity contribution in [3.63, 3.8) is 0 Å². The Labute approximate surface area is 119 Å². The molecule has 0 saturated carbocycles. The fraction of sp³-hybridized carbons (Fsp3) is 0.235. The summed E-state index contributed by atoms with van der Waals surface area (Å²) in [7, 11) is 1.55. The molecule has 0 aliphatic rings. The van der Waals surface area contributed by atoms with E-state index < -0.39 is 0 Å². The summed E-state index contributed by atoms with van der Waals surface area (Å²) >= 11 is 0. The Morgan fingerprint density at radius 1 is 1.00 bits per heavy atom. The van der Waals surface area contributed by atoms with Crippen LogP contribution in [0.2, 0.25) is 0 Å². The Hall–Kier alpha value is -2.29. The average molecular weight is 270 g/mol. The van der Waals surface area contributed by atoms with Gasteiger partial charge in [0.1, 0.15) is 0 Å². The molecule has 0 bridgehead atoms. The second kappa shape index (κ2) is 6.75. The number of aryl methyl sites for hydroxylation is 2. The van der Waals surface area contributed by atoms with Crippen LogP contribution in [-0.2, 0) is 11.2 Å². The van der Waals surface area contributed by atoms with E-state index >= 15 is 0 Å². The van der Waals surface area contributed by atoms with Crippen LogP contribution in [0.4, 0.5) is 0 Å². The Bertz CT molecular complexity index is 573. The lowest BCUT2D eigenvalue weighted by atomic mass is 10.1. The number of benzene rings is 2. The first-order valence-corrected chi connectivity index (χ1v) is 6.58. The van der Waals surface area contributed by atoms with Crippen LogP contribution in [0, 0.1) is 6.92 Å². The minimum absolute atomic E-state index is 0.255. The van der Waals surface area contributed by atoms with Crippen molar-refractivity contribution in [2.75, 3.05) is 7.11 Å². The van der Waals surface area contributed by atoms with Gasteiger partial charge in [-0.25, -0.2) is 0 Å². The van der Waals surface area contributed by atoms with E-state index in [1.807, 2.05) is 43.3 Å². The molecule has 2 aromatic rings. The minimum atomic E-state index is -0.255. The summed E-state index contributed by atoms with van der Waals surface area (Å²) in [5.41, 5.74) is 2.35. The van der Waals surface area contributed by atoms with Crippen LogP contribution >= 0.6 is 0 Å². The molecule has 0 N–H and O–H groups in total. The van der Waals surface area contributed by atoms with Gasteiger partial charge in [-0.15, -0.1) is 0 Å². The fourth-order valence-electron chi connectivity index (χ4n) is 1.88. The molecule has 0 saturated heterocycles. The van der Waals surface area contributed by atoms with E-state index in [2.05, 4.69) is 0 Å². The highest BCUT2D eigenvalue weighted by atomic mass is 16.6. The lowest BCUT2D eigenvalue weighted by Crippen LogP contribution is -2.09. The Balaban J connectivity index is 1.91. The monoisotopic (exact) mass is 270 g/mol. The molecule has 0 aliphatic carbocycles. The van der Waals surface area contributed by atoms with E-state index in [-0.39, 0.29) is 5.97 Å². The lowest BCUT2D eigenvalue weighted by Gasteiger charge is -2.08. The first-order valence-electron chi connectivity index (χ1n) is 6.58. The number of ether oxygens (including phenoxy) is 2. The van der Waals surface area contributed by atoms with Crippen molar-refractivity contribution >= 4 is 5.97 Å². The normalized spacial score (nSPS) is 10.1. The molecule has 0 spiro atoms. The summed E-state index contributed by atoms with van der Waals surface area (Å²) in [4.78, 5) is 11.8. The number of rotatable bonds is 5. The molecule has 0 amide bonds. The van der Waals surface area contributed by atoms with Crippen LogP contribution in [0.15, 0.2) is 48.5 Å². The predicted molar refractivity (Wildman–Crippen MR) is 78.1 cm³/mol. The number of carbonyl (C=O) groups excluding carboxylic acids is 1. The zero-order chi connectivity index (χ0) is 14.4. The van der Waals surface area contributed by atoms with Gasteiger partial charge in [0.15, 0.2) is 11.5 Å². The average Bonchev–Trinajstić information content (AvgIpc) is 2.47. The molecule has 0 atom stereocenters. The van der Waals surface area contributed by atoms with Crippen LogP contribution in [0.25, 0.3) is 0 Å². The second-order valence-electron chi connectivity index (χ2n) is 4.61. The Morgan fingerprint density at radius 2 is 1.65 bits per heavy atom. The van der Waals surface area contributed by atoms with Crippen LogP contribution in [0.1, 0.15) is 17.5 Å². The van der Waals surface area contributed by atoms with Gasteiger partial charge < -0.3 is 9.47 Å². The molecule has 3 heteroatoms. The first kappa shape index (κ1) is 14.1. The van der Waals surface area contributed by atoms with Gasteiger partial charge in [0, 0.05) is 6.42 Å². The van der Waals surface area contributed by atoms with Gasteiger partial charge in [0.05, 0.1) is 7.11 Å². The molecule has 0 aliphatic heterocycles. The molecule has 0 fully saturated rings. The zero-order valence-corrected chi connectivity index (χ0v) is 11.8. The number of carbonyl (C=O) groups is 1. The SMILES string of the molecule is COc1ccccc1OC(=O)CCc1ccc(C)cc1. The van der Waals surface area contributed by atoms with Gasteiger partial charge in [0.25, 0.3) is 0 Å². The number of esters is 1. The fourth-order valence-corrected chi connectivity index (χ4v) is 1.88. The zero-order valence-electron chi connectivity index (χ0n) is 11.8. The van der Waals surface area contributed by atoms with Crippen molar-refractivity contribution < 1.29 is 14.3 Å². The number of hydrogen-bond donors (Lipinski definition) is 0. The maximum atomic E-state index is 11.8. The van der Waals surface area contributed by atoms with Crippen LogP contribution < -0.4 is 9.47 Å². The number of para-hydroxylation sites is 2. The standard InChI is InChI=1S/C17H18O3/c1-13-7-9-14(10-8-13)11-12-17(18)20-16-6-4-3-5-15(16)19-2/h3-10H,11-12H2,1-2H3. The van der Waals surface area contributed by atoms with Crippen LogP contribution in [0.3, 0.4) is 0 Å². The summed E-state index contributed by atoms with van der Waals surface area (Å²) < 4.78 is 10.5. The molecule has 0 radical (unpaired) electrons. The molecule has 2 aromatic carbocycles. The van der Waals surface area contributed by atoms with Crippen molar-refractivity contribution in [3.05, 3.63) is 59.7 Å². The van der Waals surface area contributed by atoms with Gasteiger partial charge in [-0.1, -0.05) is 42.0 Å². The molecule has 0 aromatic heterocycles. The third-order valence-electron chi connectivity index (χ3n) is 3.03. The van der Waals surface area contributed by atoms with Gasteiger partial charge in [-0.05, 0) is 31.0 Å². The molecular weight excluding hydrogens is 252 g/mol.